The first-order valence-electron chi connectivity index (χ1n) is 5.91. The number of rotatable bonds is 4. The molecule has 0 amide bonds. The van der Waals surface area contributed by atoms with Gasteiger partial charge in [0.15, 0.2) is 0 Å². The fraction of sp³-hybridized carbons (Fsp3) is 0.250. The molecule has 112 valence electrons. The maximum absolute atomic E-state index is 12.2. The summed E-state index contributed by atoms with van der Waals surface area (Å²) in [7, 11) is 1.85. The van der Waals surface area contributed by atoms with E-state index in [1.165, 1.54) is 22.0 Å². The number of halogens is 1. The fourth-order valence-electron chi connectivity index (χ4n) is 1.53. The number of nitrogens with two attached hydrogens (primary N) is 1. The van der Waals surface area contributed by atoms with Gasteiger partial charge in [0.25, 0.3) is 0 Å². The second-order valence-corrected chi connectivity index (χ2v) is 7.08. The van der Waals surface area contributed by atoms with Crippen molar-refractivity contribution in [3.8, 4) is 10.4 Å². The molecular weight excluding hydrogens is 330 g/mol. The van der Waals surface area contributed by atoms with Crippen LogP contribution in [0.5, 0.6) is 0 Å². The number of thiophene rings is 1. The Morgan fingerprint density at radius 2 is 2.19 bits per heavy atom. The van der Waals surface area contributed by atoms with E-state index in [2.05, 4.69) is 15.0 Å². The van der Waals surface area contributed by atoms with Crippen molar-refractivity contribution in [2.24, 2.45) is 10.7 Å². The van der Waals surface area contributed by atoms with Crippen LogP contribution in [0.25, 0.3) is 10.4 Å². The first-order chi connectivity index (χ1) is 10.0. The highest BCUT2D eigenvalue weighted by molar-refractivity contribution is 7.82. The molecule has 2 heterocycles. The molecule has 0 bridgehead atoms. The molecule has 0 aliphatic carbocycles. The van der Waals surface area contributed by atoms with E-state index in [1.54, 1.807) is 26.5 Å². The van der Waals surface area contributed by atoms with Gasteiger partial charge in [0.05, 0.1) is 10.8 Å². The number of aliphatic imine (C=N–C) groups is 1. The van der Waals surface area contributed by atoms with Gasteiger partial charge >= 0.3 is 0 Å². The van der Waals surface area contributed by atoms with Crippen molar-refractivity contribution in [2.75, 3.05) is 14.1 Å². The summed E-state index contributed by atoms with van der Waals surface area (Å²) in [5.41, 5.74) is 6.52. The fourth-order valence-corrected chi connectivity index (χ4v) is 4.19. The van der Waals surface area contributed by atoms with Crippen LogP contribution < -0.4 is 5.73 Å². The molecule has 2 N–H and O–H groups in total. The summed E-state index contributed by atoms with van der Waals surface area (Å²) in [6, 6.07) is 1.83. The van der Waals surface area contributed by atoms with Gasteiger partial charge in [0.1, 0.15) is 17.3 Å². The van der Waals surface area contributed by atoms with E-state index in [0.29, 0.717) is 5.02 Å². The van der Waals surface area contributed by atoms with Crippen molar-refractivity contribution < 1.29 is 4.21 Å². The SMILES string of the molecule is CN=C(N)N(C)S(=O)Cc1sc(-c2cncnc2)cc1Cl. The molecule has 2 aromatic heterocycles. The van der Waals surface area contributed by atoms with Crippen LogP contribution in [-0.2, 0) is 16.7 Å². The lowest BCUT2D eigenvalue weighted by atomic mass is 10.3. The third-order valence-electron chi connectivity index (χ3n) is 2.71. The lowest BCUT2D eigenvalue weighted by Crippen LogP contribution is -2.35. The van der Waals surface area contributed by atoms with Gasteiger partial charge in [0.2, 0.25) is 5.96 Å². The van der Waals surface area contributed by atoms with Crippen LogP contribution in [-0.4, -0.2) is 38.5 Å². The number of guanidine groups is 1. The quantitative estimate of drug-likeness (QED) is 0.678. The zero-order chi connectivity index (χ0) is 15.4. The molecule has 6 nitrogen and oxygen atoms in total. The summed E-state index contributed by atoms with van der Waals surface area (Å²) in [6.45, 7) is 0. The number of aromatic nitrogens is 2. The lowest BCUT2D eigenvalue weighted by molar-refractivity contribution is 0.642. The van der Waals surface area contributed by atoms with E-state index in [-0.39, 0.29) is 11.7 Å². The molecule has 1 unspecified atom stereocenters. The predicted molar refractivity (Wildman–Crippen MR) is 87.5 cm³/mol. The molecule has 0 radical (unpaired) electrons. The number of hydrogen-bond donors (Lipinski definition) is 1. The summed E-state index contributed by atoms with van der Waals surface area (Å²) < 4.78 is 13.6. The van der Waals surface area contributed by atoms with Gasteiger partial charge in [-0.25, -0.2) is 14.2 Å². The van der Waals surface area contributed by atoms with Gasteiger partial charge < -0.3 is 5.73 Å². The van der Waals surface area contributed by atoms with Crippen molar-refractivity contribution in [1.82, 2.24) is 14.3 Å². The van der Waals surface area contributed by atoms with Gasteiger partial charge in [-0.3, -0.25) is 9.30 Å². The molecule has 0 aliphatic heterocycles. The average Bonchev–Trinajstić information content (AvgIpc) is 2.87. The van der Waals surface area contributed by atoms with Crippen molar-refractivity contribution in [2.45, 2.75) is 5.75 Å². The topological polar surface area (TPSA) is 84.5 Å². The molecule has 2 rings (SSSR count). The van der Waals surface area contributed by atoms with E-state index in [4.69, 9.17) is 17.3 Å². The Kier molecular flexibility index (Phi) is 5.27. The minimum atomic E-state index is -1.33. The van der Waals surface area contributed by atoms with Gasteiger partial charge in [-0.2, -0.15) is 0 Å². The minimum Gasteiger partial charge on any atom is -0.369 e. The van der Waals surface area contributed by atoms with Crippen LogP contribution in [0.3, 0.4) is 0 Å². The van der Waals surface area contributed by atoms with Gasteiger partial charge in [-0.05, 0) is 6.07 Å². The van der Waals surface area contributed by atoms with E-state index in [9.17, 15) is 4.21 Å². The number of hydrogen-bond acceptors (Lipinski definition) is 5. The van der Waals surface area contributed by atoms with Crippen LogP contribution in [0.15, 0.2) is 29.8 Å². The second-order valence-electron chi connectivity index (χ2n) is 4.05. The van der Waals surface area contributed by atoms with Crippen LogP contribution in [0.4, 0.5) is 0 Å². The molecule has 9 heteroatoms. The van der Waals surface area contributed by atoms with Crippen molar-refractivity contribution in [1.29, 1.82) is 0 Å². The Morgan fingerprint density at radius 3 is 2.81 bits per heavy atom. The van der Waals surface area contributed by atoms with Gasteiger partial charge in [-0.15, -0.1) is 11.3 Å². The average molecular weight is 344 g/mol. The van der Waals surface area contributed by atoms with E-state index >= 15 is 0 Å². The Balaban J connectivity index is 2.19. The molecule has 0 saturated heterocycles. The zero-order valence-electron chi connectivity index (χ0n) is 11.5. The standard InChI is InChI=1S/C12H14ClN5OS2/c1-15-12(14)18(2)21(19)6-11-9(13)3-10(20-11)8-4-16-7-17-5-8/h3-5,7H,6H2,1-2H3,(H2,14,15). The van der Waals surface area contributed by atoms with E-state index in [1.807, 2.05) is 6.07 Å². The minimum absolute atomic E-state index is 0.220. The van der Waals surface area contributed by atoms with E-state index in [0.717, 1.165) is 15.3 Å². The van der Waals surface area contributed by atoms with Crippen LogP contribution >= 0.6 is 22.9 Å². The summed E-state index contributed by atoms with van der Waals surface area (Å²) in [5, 5.41) is 0.576. The third-order valence-corrected chi connectivity index (χ3v) is 5.86. The molecule has 2 aromatic rings. The normalized spacial score (nSPS) is 13.2. The Bertz CT molecular complexity index is 674. The molecule has 0 aliphatic rings. The van der Waals surface area contributed by atoms with Crippen LogP contribution in [0.1, 0.15) is 4.88 Å². The van der Waals surface area contributed by atoms with Gasteiger partial charge in [0, 0.05) is 41.8 Å². The maximum Gasteiger partial charge on any atom is 0.202 e. The summed E-state index contributed by atoms with van der Waals surface area (Å²) in [6.07, 6.45) is 4.89. The molecule has 0 saturated carbocycles. The Morgan fingerprint density at radius 1 is 1.52 bits per heavy atom. The molecule has 0 spiro atoms. The van der Waals surface area contributed by atoms with Crippen molar-refractivity contribution in [3.05, 3.63) is 34.7 Å². The Hall–Kier alpha value is -1.51. The van der Waals surface area contributed by atoms with Crippen LogP contribution in [0.2, 0.25) is 5.02 Å². The van der Waals surface area contributed by atoms with E-state index < -0.39 is 11.0 Å². The van der Waals surface area contributed by atoms with Crippen LogP contribution in [0, 0.1) is 0 Å². The smallest absolute Gasteiger partial charge is 0.202 e. The molecule has 21 heavy (non-hydrogen) atoms. The Labute approximate surface area is 134 Å². The first-order valence-corrected chi connectivity index (χ1v) is 8.38. The highest BCUT2D eigenvalue weighted by Gasteiger charge is 2.16. The molecule has 0 aromatic carbocycles. The molecule has 1 atom stereocenters. The maximum atomic E-state index is 12.2. The van der Waals surface area contributed by atoms with Crippen molar-refractivity contribution >= 4 is 39.9 Å². The molecule has 0 fully saturated rings. The molecular formula is C12H14ClN5OS2. The summed E-state index contributed by atoms with van der Waals surface area (Å²) >= 11 is 7.68. The summed E-state index contributed by atoms with van der Waals surface area (Å²) in [5.74, 6) is 0.502. The van der Waals surface area contributed by atoms with Crippen molar-refractivity contribution in [3.63, 3.8) is 0 Å². The predicted octanol–water partition coefficient (Wildman–Crippen LogP) is 1.90. The third kappa shape index (κ3) is 3.78. The lowest BCUT2D eigenvalue weighted by Gasteiger charge is -2.15. The zero-order valence-corrected chi connectivity index (χ0v) is 13.9. The highest BCUT2D eigenvalue weighted by Crippen LogP contribution is 2.34. The van der Waals surface area contributed by atoms with Gasteiger partial charge in [-0.1, -0.05) is 11.6 Å². The highest BCUT2D eigenvalue weighted by atomic mass is 35.5. The summed E-state index contributed by atoms with van der Waals surface area (Å²) in [4.78, 5) is 13.5. The monoisotopic (exact) mass is 343 g/mol. The number of nitrogens with zero attached hydrogens (tertiary/aromatic N) is 4. The second kappa shape index (κ2) is 6.97. The first kappa shape index (κ1) is 15.9. The largest absolute Gasteiger partial charge is 0.369 e.